The molecule has 1 rings (SSSR count). The van der Waals surface area contributed by atoms with Crippen LogP contribution in [0.1, 0.15) is 11.6 Å². The molecule has 0 bridgehead atoms. The fourth-order valence-corrected chi connectivity index (χ4v) is 1.45. The van der Waals surface area contributed by atoms with Gasteiger partial charge in [-0.25, -0.2) is 0 Å². The molecular formula is C12H18N2O2. The molecule has 0 saturated heterocycles. The first-order valence-corrected chi connectivity index (χ1v) is 5.23. The Morgan fingerprint density at radius 1 is 1.38 bits per heavy atom. The summed E-state index contributed by atoms with van der Waals surface area (Å²) in [6.07, 6.45) is 0. The van der Waals surface area contributed by atoms with Crippen LogP contribution in [0.15, 0.2) is 30.3 Å². The molecule has 1 amide bonds. The van der Waals surface area contributed by atoms with Gasteiger partial charge in [0.05, 0.1) is 19.2 Å². The molecule has 0 aliphatic heterocycles. The third-order valence-corrected chi connectivity index (χ3v) is 2.18. The van der Waals surface area contributed by atoms with Crippen LogP contribution in [0.2, 0.25) is 0 Å². The molecule has 0 aromatic heterocycles. The van der Waals surface area contributed by atoms with Gasteiger partial charge in [-0.15, -0.1) is 0 Å². The number of hydrogen-bond donors (Lipinski definition) is 2. The zero-order valence-electron chi connectivity index (χ0n) is 9.68. The zero-order valence-corrected chi connectivity index (χ0v) is 9.68. The van der Waals surface area contributed by atoms with Crippen LogP contribution in [-0.4, -0.2) is 43.2 Å². The highest BCUT2D eigenvalue weighted by Crippen LogP contribution is 2.11. The topological polar surface area (TPSA) is 52.6 Å². The molecule has 1 aromatic rings. The second kappa shape index (κ2) is 6.25. The van der Waals surface area contributed by atoms with E-state index in [1.54, 1.807) is 4.90 Å². The van der Waals surface area contributed by atoms with Gasteiger partial charge in [0.15, 0.2) is 0 Å². The average molecular weight is 222 g/mol. The van der Waals surface area contributed by atoms with Crippen molar-refractivity contribution in [1.29, 1.82) is 0 Å². The average Bonchev–Trinajstić information content (AvgIpc) is 2.26. The second-order valence-corrected chi connectivity index (χ2v) is 3.95. The lowest BCUT2D eigenvalue weighted by atomic mass is 10.1. The Kier molecular flexibility index (Phi) is 4.95. The molecule has 4 nitrogen and oxygen atoms in total. The van der Waals surface area contributed by atoms with E-state index in [0.717, 1.165) is 5.56 Å². The van der Waals surface area contributed by atoms with Crippen molar-refractivity contribution in [2.45, 2.75) is 6.04 Å². The molecule has 1 aromatic carbocycles. The van der Waals surface area contributed by atoms with Gasteiger partial charge in [-0.2, -0.15) is 0 Å². The maximum absolute atomic E-state index is 11.5. The van der Waals surface area contributed by atoms with Crippen LogP contribution in [-0.2, 0) is 4.79 Å². The third-order valence-electron chi connectivity index (χ3n) is 2.18. The van der Waals surface area contributed by atoms with E-state index in [1.807, 2.05) is 44.4 Å². The number of amides is 1. The van der Waals surface area contributed by atoms with Gasteiger partial charge in [-0.05, 0) is 19.7 Å². The number of carbonyl (C=O) groups excluding carboxylic acids is 1. The number of nitrogens with one attached hydrogen (secondary N) is 1. The van der Waals surface area contributed by atoms with Gasteiger partial charge in [0, 0.05) is 0 Å². The van der Waals surface area contributed by atoms with E-state index in [1.165, 1.54) is 0 Å². The van der Waals surface area contributed by atoms with Crippen LogP contribution in [0.25, 0.3) is 0 Å². The lowest BCUT2D eigenvalue weighted by Gasteiger charge is -2.18. The van der Waals surface area contributed by atoms with E-state index in [2.05, 4.69) is 5.32 Å². The predicted molar refractivity (Wildman–Crippen MR) is 63.0 cm³/mol. The van der Waals surface area contributed by atoms with Crippen LogP contribution in [0.5, 0.6) is 0 Å². The Bertz CT molecular complexity index is 325. The van der Waals surface area contributed by atoms with E-state index >= 15 is 0 Å². The number of aliphatic hydroxyl groups is 1. The number of hydrogen-bond acceptors (Lipinski definition) is 3. The molecule has 0 fully saturated rings. The minimum Gasteiger partial charge on any atom is -0.394 e. The molecule has 1 unspecified atom stereocenters. The lowest BCUT2D eigenvalue weighted by Crippen LogP contribution is -2.37. The van der Waals surface area contributed by atoms with Gasteiger partial charge in [-0.1, -0.05) is 30.3 Å². The first-order valence-electron chi connectivity index (χ1n) is 5.23. The van der Waals surface area contributed by atoms with E-state index < -0.39 is 0 Å². The SMILES string of the molecule is CN(C)CC(=O)NC(CO)c1ccccc1. The molecule has 0 saturated carbocycles. The summed E-state index contributed by atoms with van der Waals surface area (Å²) in [5.74, 6) is -0.0899. The summed E-state index contributed by atoms with van der Waals surface area (Å²) in [5.41, 5.74) is 0.914. The summed E-state index contributed by atoms with van der Waals surface area (Å²) in [6, 6.07) is 9.12. The summed E-state index contributed by atoms with van der Waals surface area (Å²) >= 11 is 0. The molecule has 0 aliphatic rings. The van der Waals surface area contributed by atoms with E-state index in [0.29, 0.717) is 6.54 Å². The number of benzene rings is 1. The Balaban J connectivity index is 2.59. The highest BCUT2D eigenvalue weighted by Gasteiger charge is 2.13. The highest BCUT2D eigenvalue weighted by atomic mass is 16.3. The monoisotopic (exact) mass is 222 g/mol. The van der Waals surface area contributed by atoms with Crippen molar-refractivity contribution < 1.29 is 9.90 Å². The number of aliphatic hydroxyl groups excluding tert-OH is 1. The predicted octanol–water partition coefficient (Wildman–Crippen LogP) is 0.398. The highest BCUT2D eigenvalue weighted by molar-refractivity contribution is 5.78. The zero-order chi connectivity index (χ0) is 12.0. The van der Waals surface area contributed by atoms with Crippen molar-refractivity contribution in [3.63, 3.8) is 0 Å². The number of nitrogens with zero attached hydrogens (tertiary/aromatic N) is 1. The van der Waals surface area contributed by atoms with Crippen molar-refractivity contribution in [3.05, 3.63) is 35.9 Å². The Morgan fingerprint density at radius 3 is 2.50 bits per heavy atom. The first kappa shape index (κ1) is 12.7. The molecule has 0 spiro atoms. The molecule has 0 heterocycles. The van der Waals surface area contributed by atoms with Crippen molar-refractivity contribution in [2.75, 3.05) is 27.2 Å². The van der Waals surface area contributed by atoms with Gasteiger partial charge in [0.1, 0.15) is 0 Å². The fraction of sp³-hybridized carbons (Fsp3) is 0.417. The van der Waals surface area contributed by atoms with Crippen LogP contribution in [0, 0.1) is 0 Å². The van der Waals surface area contributed by atoms with E-state index in [9.17, 15) is 9.90 Å². The lowest BCUT2D eigenvalue weighted by molar-refractivity contribution is -0.122. The molecule has 4 heteroatoms. The van der Waals surface area contributed by atoms with Crippen molar-refractivity contribution in [2.24, 2.45) is 0 Å². The molecule has 2 N–H and O–H groups in total. The molecule has 88 valence electrons. The molecule has 0 radical (unpaired) electrons. The summed E-state index contributed by atoms with van der Waals surface area (Å²) in [6.45, 7) is 0.229. The number of likely N-dealkylation sites (N-methyl/N-ethyl adjacent to an activating group) is 1. The number of rotatable bonds is 5. The molecular weight excluding hydrogens is 204 g/mol. The number of carbonyl (C=O) groups is 1. The minimum atomic E-state index is -0.325. The standard InChI is InChI=1S/C12H18N2O2/c1-14(2)8-12(16)13-11(9-15)10-6-4-3-5-7-10/h3-7,11,15H,8-9H2,1-2H3,(H,13,16). The summed E-state index contributed by atoms with van der Waals surface area (Å²) in [7, 11) is 3.66. The van der Waals surface area contributed by atoms with Crippen LogP contribution >= 0.6 is 0 Å². The van der Waals surface area contributed by atoms with Crippen LogP contribution in [0.4, 0.5) is 0 Å². The molecule has 16 heavy (non-hydrogen) atoms. The summed E-state index contributed by atoms with van der Waals surface area (Å²) in [4.78, 5) is 13.3. The van der Waals surface area contributed by atoms with Crippen LogP contribution < -0.4 is 5.32 Å². The van der Waals surface area contributed by atoms with Gasteiger partial charge in [0.2, 0.25) is 5.91 Å². The fourth-order valence-electron chi connectivity index (χ4n) is 1.45. The first-order chi connectivity index (χ1) is 7.63. The van der Waals surface area contributed by atoms with E-state index in [-0.39, 0.29) is 18.6 Å². The minimum absolute atomic E-state index is 0.0899. The van der Waals surface area contributed by atoms with E-state index in [4.69, 9.17) is 0 Å². The molecule has 1 atom stereocenters. The summed E-state index contributed by atoms with van der Waals surface area (Å²) < 4.78 is 0. The smallest absolute Gasteiger partial charge is 0.234 e. The summed E-state index contributed by atoms with van der Waals surface area (Å²) in [5, 5.41) is 12.0. The molecule has 0 aliphatic carbocycles. The largest absolute Gasteiger partial charge is 0.394 e. The third kappa shape index (κ3) is 4.00. The maximum atomic E-state index is 11.5. The Labute approximate surface area is 95.9 Å². The van der Waals surface area contributed by atoms with Gasteiger partial charge >= 0.3 is 0 Å². The van der Waals surface area contributed by atoms with Gasteiger partial charge in [0.25, 0.3) is 0 Å². The quantitative estimate of drug-likeness (QED) is 0.758. The normalized spacial score (nSPS) is 12.5. The second-order valence-electron chi connectivity index (χ2n) is 3.95. The Hall–Kier alpha value is -1.39. The van der Waals surface area contributed by atoms with Gasteiger partial charge < -0.3 is 15.3 Å². The maximum Gasteiger partial charge on any atom is 0.234 e. The van der Waals surface area contributed by atoms with Crippen molar-refractivity contribution in [1.82, 2.24) is 10.2 Å². The Morgan fingerprint density at radius 2 is 2.00 bits per heavy atom. The van der Waals surface area contributed by atoms with Crippen molar-refractivity contribution in [3.8, 4) is 0 Å². The van der Waals surface area contributed by atoms with Crippen molar-refractivity contribution >= 4 is 5.91 Å². The van der Waals surface area contributed by atoms with Gasteiger partial charge in [-0.3, -0.25) is 4.79 Å². The van der Waals surface area contributed by atoms with Crippen LogP contribution in [0.3, 0.4) is 0 Å².